The molecule has 0 aliphatic carbocycles. The van der Waals surface area contributed by atoms with Gasteiger partial charge in [0.25, 0.3) is 5.91 Å². The molecule has 0 bridgehead atoms. The number of amides is 1. The van der Waals surface area contributed by atoms with E-state index in [1.807, 2.05) is 0 Å². The number of nitrogens with one attached hydrogen (secondary N) is 2. The summed E-state index contributed by atoms with van der Waals surface area (Å²) >= 11 is 0. The number of pyridine rings is 1. The van der Waals surface area contributed by atoms with E-state index in [1.165, 1.54) is 12.1 Å². The van der Waals surface area contributed by atoms with Crippen LogP contribution in [0.25, 0.3) is 0 Å². The summed E-state index contributed by atoms with van der Waals surface area (Å²) in [6, 6.07) is 14.8. The van der Waals surface area contributed by atoms with Crippen LogP contribution in [0.2, 0.25) is 0 Å². The first-order chi connectivity index (χ1) is 13.2. The van der Waals surface area contributed by atoms with E-state index in [0.717, 1.165) is 11.3 Å². The van der Waals surface area contributed by atoms with Gasteiger partial charge in [-0.15, -0.1) is 0 Å². The maximum atomic E-state index is 13.0. The van der Waals surface area contributed by atoms with Gasteiger partial charge in [-0.2, -0.15) is 0 Å². The minimum atomic E-state index is -0.334. The third kappa shape index (κ3) is 3.98. The molecule has 2 heterocycles. The van der Waals surface area contributed by atoms with E-state index in [2.05, 4.69) is 15.6 Å². The average molecular weight is 365 g/mol. The molecule has 7 heteroatoms. The average Bonchev–Trinajstić information content (AvgIpc) is 3.15. The molecule has 0 saturated heterocycles. The summed E-state index contributed by atoms with van der Waals surface area (Å²) in [6.07, 6.45) is 1.56. The molecule has 2 aromatic carbocycles. The van der Waals surface area contributed by atoms with Gasteiger partial charge < -0.3 is 20.1 Å². The molecule has 1 aliphatic rings. The van der Waals surface area contributed by atoms with Crippen molar-refractivity contribution < 1.29 is 18.7 Å². The van der Waals surface area contributed by atoms with Gasteiger partial charge in [-0.25, -0.2) is 4.39 Å². The van der Waals surface area contributed by atoms with Crippen LogP contribution in [0.1, 0.15) is 16.1 Å². The fraction of sp³-hybridized carbons (Fsp3) is 0.100. The molecule has 4 rings (SSSR count). The number of ether oxygens (including phenoxy) is 2. The zero-order chi connectivity index (χ0) is 18.6. The molecular weight excluding hydrogens is 349 g/mol. The molecule has 0 spiro atoms. The van der Waals surface area contributed by atoms with Crippen molar-refractivity contribution in [3.63, 3.8) is 0 Å². The second-order valence-electron chi connectivity index (χ2n) is 5.93. The summed E-state index contributed by atoms with van der Waals surface area (Å²) in [5.74, 6) is 0.637. The summed E-state index contributed by atoms with van der Waals surface area (Å²) in [6.45, 7) is 0.684. The monoisotopic (exact) mass is 365 g/mol. The van der Waals surface area contributed by atoms with Crippen LogP contribution in [0, 0.1) is 5.82 Å². The standard InChI is InChI=1S/C20H16FN3O3/c21-14-3-1-13(2-4-14)11-23-15-7-8-22-17(9-15)20(25)24-16-5-6-18-19(10-16)27-12-26-18/h1-10H,11-12H2,(H,22,23)(H,24,25). The molecule has 6 nitrogen and oxygen atoms in total. The molecule has 1 aromatic heterocycles. The molecule has 0 unspecified atom stereocenters. The van der Waals surface area contributed by atoms with Gasteiger partial charge in [0.2, 0.25) is 6.79 Å². The lowest BCUT2D eigenvalue weighted by Gasteiger charge is -2.09. The van der Waals surface area contributed by atoms with Crippen molar-refractivity contribution in [3.05, 3.63) is 77.9 Å². The predicted molar refractivity (Wildman–Crippen MR) is 98.5 cm³/mol. The van der Waals surface area contributed by atoms with E-state index in [-0.39, 0.29) is 24.2 Å². The summed E-state index contributed by atoms with van der Waals surface area (Å²) in [5.41, 5.74) is 2.54. The number of benzene rings is 2. The second kappa shape index (κ2) is 7.33. The molecule has 0 radical (unpaired) electrons. The highest BCUT2D eigenvalue weighted by Gasteiger charge is 2.15. The number of carbonyl (C=O) groups excluding carboxylic acids is 1. The lowest BCUT2D eigenvalue weighted by molar-refractivity contribution is 0.102. The number of aromatic nitrogens is 1. The number of anilines is 2. The minimum absolute atomic E-state index is 0.177. The Morgan fingerprint density at radius 2 is 1.81 bits per heavy atom. The van der Waals surface area contributed by atoms with Crippen molar-refractivity contribution in [1.82, 2.24) is 4.98 Å². The van der Waals surface area contributed by atoms with Crippen molar-refractivity contribution in [2.45, 2.75) is 6.54 Å². The molecule has 0 atom stereocenters. The van der Waals surface area contributed by atoms with E-state index in [4.69, 9.17) is 9.47 Å². The number of fused-ring (bicyclic) bond motifs is 1. The highest BCUT2D eigenvalue weighted by molar-refractivity contribution is 6.03. The third-order valence-electron chi connectivity index (χ3n) is 4.03. The lowest BCUT2D eigenvalue weighted by atomic mass is 10.2. The largest absolute Gasteiger partial charge is 0.454 e. The molecule has 3 aromatic rings. The van der Waals surface area contributed by atoms with Gasteiger partial charge >= 0.3 is 0 Å². The van der Waals surface area contributed by atoms with Crippen LogP contribution in [-0.2, 0) is 6.54 Å². The van der Waals surface area contributed by atoms with Crippen molar-refractivity contribution in [1.29, 1.82) is 0 Å². The fourth-order valence-corrected chi connectivity index (χ4v) is 2.64. The molecule has 27 heavy (non-hydrogen) atoms. The molecule has 0 saturated carbocycles. The fourth-order valence-electron chi connectivity index (χ4n) is 2.64. The first-order valence-corrected chi connectivity index (χ1v) is 8.33. The minimum Gasteiger partial charge on any atom is -0.454 e. The quantitative estimate of drug-likeness (QED) is 0.719. The van der Waals surface area contributed by atoms with Crippen LogP contribution in [-0.4, -0.2) is 17.7 Å². The highest BCUT2D eigenvalue weighted by atomic mass is 19.1. The van der Waals surface area contributed by atoms with Crippen molar-refractivity contribution in [3.8, 4) is 11.5 Å². The number of hydrogen-bond donors (Lipinski definition) is 2. The van der Waals surface area contributed by atoms with E-state index in [0.29, 0.717) is 23.7 Å². The summed E-state index contributed by atoms with van der Waals surface area (Å²) in [7, 11) is 0. The van der Waals surface area contributed by atoms with E-state index >= 15 is 0 Å². The topological polar surface area (TPSA) is 72.5 Å². The lowest BCUT2D eigenvalue weighted by Crippen LogP contribution is -2.14. The molecule has 2 N–H and O–H groups in total. The van der Waals surface area contributed by atoms with Gasteiger partial charge in [-0.3, -0.25) is 9.78 Å². The van der Waals surface area contributed by atoms with Gasteiger partial charge in [0, 0.05) is 30.2 Å². The Hall–Kier alpha value is -3.61. The Balaban J connectivity index is 1.42. The van der Waals surface area contributed by atoms with Gasteiger partial charge in [-0.05, 0) is 42.0 Å². The van der Waals surface area contributed by atoms with Crippen molar-refractivity contribution in [2.75, 3.05) is 17.4 Å². The summed E-state index contributed by atoms with van der Waals surface area (Å²) in [4.78, 5) is 16.6. The smallest absolute Gasteiger partial charge is 0.274 e. The van der Waals surface area contributed by atoms with Crippen LogP contribution in [0.5, 0.6) is 11.5 Å². The van der Waals surface area contributed by atoms with Crippen molar-refractivity contribution in [2.24, 2.45) is 0 Å². The first kappa shape index (κ1) is 16.8. The van der Waals surface area contributed by atoms with Crippen LogP contribution in [0.3, 0.4) is 0 Å². The summed E-state index contributed by atoms with van der Waals surface area (Å²) in [5, 5.41) is 5.98. The Kier molecular flexibility index (Phi) is 4.57. The van der Waals surface area contributed by atoms with Gasteiger partial charge in [0.15, 0.2) is 11.5 Å². The number of hydrogen-bond acceptors (Lipinski definition) is 5. The number of nitrogens with zero attached hydrogens (tertiary/aromatic N) is 1. The zero-order valence-corrected chi connectivity index (χ0v) is 14.2. The highest BCUT2D eigenvalue weighted by Crippen LogP contribution is 2.34. The normalized spacial score (nSPS) is 11.9. The molecule has 1 aliphatic heterocycles. The third-order valence-corrected chi connectivity index (χ3v) is 4.03. The molecule has 136 valence electrons. The van der Waals surface area contributed by atoms with Gasteiger partial charge in [0.05, 0.1) is 0 Å². The Bertz CT molecular complexity index is 976. The van der Waals surface area contributed by atoms with Crippen LogP contribution in [0.4, 0.5) is 15.8 Å². The van der Waals surface area contributed by atoms with Crippen molar-refractivity contribution >= 4 is 17.3 Å². The Labute approximate surface area is 155 Å². The molecule has 0 fully saturated rings. The number of halogens is 1. The van der Waals surface area contributed by atoms with E-state index in [1.54, 1.807) is 48.7 Å². The molecule has 1 amide bonds. The van der Waals surface area contributed by atoms with Crippen LogP contribution >= 0.6 is 0 Å². The maximum absolute atomic E-state index is 13.0. The van der Waals surface area contributed by atoms with Gasteiger partial charge in [-0.1, -0.05) is 12.1 Å². The van der Waals surface area contributed by atoms with Crippen LogP contribution < -0.4 is 20.1 Å². The summed E-state index contributed by atoms with van der Waals surface area (Å²) < 4.78 is 23.5. The zero-order valence-electron chi connectivity index (χ0n) is 14.2. The maximum Gasteiger partial charge on any atom is 0.274 e. The van der Waals surface area contributed by atoms with Crippen LogP contribution in [0.15, 0.2) is 60.8 Å². The second-order valence-corrected chi connectivity index (χ2v) is 5.93. The van der Waals surface area contributed by atoms with Gasteiger partial charge in [0.1, 0.15) is 11.5 Å². The SMILES string of the molecule is O=C(Nc1ccc2c(c1)OCO2)c1cc(NCc2ccc(F)cc2)ccn1. The van der Waals surface area contributed by atoms with E-state index < -0.39 is 0 Å². The Morgan fingerprint density at radius 3 is 2.67 bits per heavy atom. The number of carbonyl (C=O) groups is 1. The predicted octanol–water partition coefficient (Wildman–Crippen LogP) is 3.81. The first-order valence-electron chi connectivity index (χ1n) is 8.33. The molecular formula is C20H16FN3O3. The number of rotatable bonds is 5. The van der Waals surface area contributed by atoms with E-state index in [9.17, 15) is 9.18 Å². The Morgan fingerprint density at radius 1 is 1.00 bits per heavy atom.